The topological polar surface area (TPSA) is 86.6 Å². The van der Waals surface area contributed by atoms with E-state index in [1.165, 1.54) is 0 Å². The summed E-state index contributed by atoms with van der Waals surface area (Å²) in [5.41, 5.74) is 3.36. The van der Waals surface area contributed by atoms with Gasteiger partial charge in [-0.05, 0) is 31.3 Å². The van der Waals surface area contributed by atoms with Gasteiger partial charge in [0, 0.05) is 61.9 Å². The number of likely N-dealkylation sites (N-methyl/N-ethyl adjacent to an activating group) is 1. The van der Waals surface area contributed by atoms with Crippen LogP contribution < -0.4 is 4.90 Å². The number of benzene rings is 1. The molecule has 3 aromatic heterocycles. The number of fused-ring (bicyclic) bond motifs is 2. The van der Waals surface area contributed by atoms with Gasteiger partial charge in [0.25, 0.3) is 0 Å². The molecule has 4 aromatic rings. The summed E-state index contributed by atoms with van der Waals surface area (Å²) in [4.78, 5) is 24.7. The Kier molecular flexibility index (Phi) is 5.01. The van der Waals surface area contributed by atoms with Crippen molar-refractivity contribution in [2.75, 3.05) is 64.4 Å². The molecule has 1 N–H and O–H groups in total. The molecule has 0 atom stereocenters. The van der Waals surface area contributed by atoms with Crippen molar-refractivity contribution in [1.29, 1.82) is 0 Å². The molecule has 0 bridgehead atoms. The van der Waals surface area contributed by atoms with Crippen molar-refractivity contribution in [3.63, 3.8) is 0 Å². The Morgan fingerprint density at radius 1 is 0.969 bits per heavy atom. The van der Waals surface area contributed by atoms with E-state index in [0.717, 1.165) is 61.6 Å². The van der Waals surface area contributed by atoms with Crippen molar-refractivity contribution in [2.45, 2.75) is 6.54 Å². The maximum Gasteiger partial charge on any atom is 0.216 e. The normalized spacial score (nSPS) is 18.7. The van der Waals surface area contributed by atoms with Gasteiger partial charge in [-0.3, -0.25) is 4.90 Å². The van der Waals surface area contributed by atoms with Crippen LogP contribution in [0.2, 0.25) is 0 Å². The number of nitrogens with one attached hydrogen (secondary N) is 1. The van der Waals surface area contributed by atoms with Crippen molar-refractivity contribution in [3.05, 3.63) is 36.4 Å². The fourth-order valence-electron chi connectivity index (χ4n) is 4.43. The summed E-state index contributed by atoms with van der Waals surface area (Å²) in [5, 5.41) is 1.13. The minimum Gasteiger partial charge on any atom is -0.434 e. The number of H-pyrrole nitrogens is 1. The third-order valence-electron chi connectivity index (χ3n) is 6.36. The Morgan fingerprint density at radius 2 is 1.81 bits per heavy atom. The highest BCUT2D eigenvalue weighted by Crippen LogP contribution is 2.30. The number of piperazine rings is 1. The lowest BCUT2D eigenvalue weighted by Crippen LogP contribution is -2.43. The monoisotopic (exact) mass is 433 g/mol. The van der Waals surface area contributed by atoms with E-state index < -0.39 is 0 Å². The van der Waals surface area contributed by atoms with Crippen LogP contribution in [0, 0.1) is 0 Å². The van der Waals surface area contributed by atoms with Crippen LogP contribution in [-0.4, -0.2) is 89.3 Å². The molecule has 5 heterocycles. The maximum absolute atomic E-state index is 6.25. The largest absolute Gasteiger partial charge is 0.434 e. The third-order valence-corrected chi connectivity index (χ3v) is 6.36. The minimum atomic E-state index is 0.620. The van der Waals surface area contributed by atoms with Crippen molar-refractivity contribution in [1.82, 2.24) is 29.7 Å². The molecule has 0 unspecified atom stereocenters. The van der Waals surface area contributed by atoms with Crippen molar-refractivity contribution >= 4 is 28.0 Å². The first kappa shape index (κ1) is 19.7. The minimum absolute atomic E-state index is 0.620. The van der Waals surface area contributed by atoms with Crippen LogP contribution >= 0.6 is 0 Å². The number of anilines is 1. The van der Waals surface area contributed by atoms with Gasteiger partial charge in [-0.1, -0.05) is 0 Å². The van der Waals surface area contributed by atoms with Gasteiger partial charge in [0.1, 0.15) is 0 Å². The highest BCUT2D eigenvalue weighted by atomic mass is 16.5. The summed E-state index contributed by atoms with van der Waals surface area (Å²) in [6.45, 7) is 7.75. The molecule has 2 aliphatic heterocycles. The van der Waals surface area contributed by atoms with E-state index in [1.807, 2.05) is 12.3 Å². The van der Waals surface area contributed by atoms with E-state index in [-0.39, 0.29) is 0 Å². The summed E-state index contributed by atoms with van der Waals surface area (Å²) in [6.07, 6.45) is 1.94. The maximum atomic E-state index is 6.25. The molecule has 9 heteroatoms. The fraction of sp³-hybridized carbons (Fsp3) is 0.435. The van der Waals surface area contributed by atoms with Crippen molar-refractivity contribution < 1.29 is 9.15 Å². The standard InChI is InChI=1S/C23H27N7O2/c1-28-6-8-29(9-7-28)15-19-25-22-20(32-19)23(30-10-12-31-13-11-30)27-21(26-22)17-2-3-18-16(14-17)4-5-24-18/h2-5,14,24H,6-13,15H2,1H3. The van der Waals surface area contributed by atoms with Crippen LogP contribution in [0.15, 0.2) is 34.9 Å². The lowest BCUT2D eigenvalue weighted by Gasteiger charge is -2.31. The first-order chi connectivity index (χ1) is 15.7. The van der Waals surface area contributed by atoms with Gasteiger partial charge in [0.05, 0.1) is 19.8 Å². The second kappa shape index (κ2) is 8.16. The number of oxazole rings is 1. The average molecular weight is 434 g/mol. The lowest BCUT2D eigenvalue weighted by molar-refractivity contribution is 0.122. The summed E-state index contributed by atoms with van der Waals surface area (Å²) in [6, 6.07) is 8.29. The van der Waals surface area contributed by atoms with Gasteiger partial charge in [0.2, 0.25) is 17.1 Å². The molecule has 0 aliphatic carbocycles. The molecule has 9 nitrogen and oxygen atoms in total. The van der Waals surface area contributed by atoms with Crippen molar-refractivity contribution in [3.8, 4) is 11.4 Å². The Balaban J connectivity index is 1.40. The number of hydrogen-bond donors (Lipinski definition) is 1. The van der Waals surface area contributed by atoms with Gasteiger partial charge in [0.15, 0.2) is 11.6 Å². The number of hydrogen-bond acceptors (Lipinski definition) is 8. The Morgan fingerprint density at radius 3 is 2.66 bits per heavy atom. The first-order valence-electron chi connectivity index (χ1n) is 11.2. The van der Waals surface area contributed by atoms with Gasteiger partial charge in [-0.15, -0.1) is 0 Å². The third kappa shape index (κ3) is 3.72. The zero-order valence-electron chi connectivity index (χ0n) is 18.3. The predicted octanol–water partition coefficient (Wildman–Crippen LogP) is 2.35. The highest BCUT2D eigenvalue weighted by molar-refractivity contribution is 5.87. The van der Waals surface area contributed by atoms with Gasteiger partial charge in [-0.25, -0.2) is 9.97 Å². The van der Waals surface area contributed by atoms with E-state index >= 15 is 0 Å². The van der Waals surface area contributed by atoms with Crippen LogP contribution in [0.5, 0.6) is 0 Å². The van der Waals surface area contributed by atoms with E-state index in [4.69, 9.17) is 24.1 Å². The van der Waals surface area contributed by atoms with Gasteiger partial charge < -0.3 is 23.9 Å². The number of aromatic amines is 1. The number of rotatable bonds is 4. The summed E-state index contributed by atoms with van der Waals surface area (Å²) < 4.78 is 11.8. The molecule has 1 aromatic carbocycles. The molecule has 0 saturated carbocycles. The van der Waals surface area contributed by atoms with Crippen LogP contribution in [0.3, 0.4) is 0 Å². The molecule has 0 spiro atoms. The predicted molar refractivity (Wildman–Crippen MR) is 123 cm³/mol. The van der Waals surface area contributed by atoms with Crippen molar-refractivity contribution in [2.24, 2.45) is 0 Å². The number of aromatic nitrogens is 4. The van der Waals surface area contributed by atoms with E-state index in [2.05, 4.69) is 44.9 Å². The number of ether oxygens (including phenoxy) is 1. The van der Waals surface area contributed by atoms with E-state index in [0.29, 0.717) is 42.7 Å². The first-order valence-corrected chi connectivity index (χ1v) is 11.2. The van der Waals surface area contributed by atoms with E-state index in [9.17, 15) is 0 Å². The summed E-state index contributed by atoms with van der Waals surface area (Å²) >= 11 is 0. The SMILES string of the molecule is CN1CCN(Cc2nc3nc(-c4ccc5[nH]ccc5c4)nc(N4CCOCC4)c3o2)CC1. The molecule has 32 heavy (non-hydrogen) atoms. The molecule has 166 valence electrons. The molecule has 0 radical (unpaired) electrons. The Bertz CT molecular complexity index is 1240. The number of morpholine rings is 1. The molecular formula is C23H27N7O2. The smallest absolute Gasteiger partial charge is 0.216 e. The Hall–Kier alpha value is -3.01. The lowest BCUT2D eigenvalue weighted by atomic mass is 10.1. The second-order valence-electron chi connectivity index (χ2n) is 8.59. The molecule has 2 fully saturated rings. The Labute approximate surface area is 186 Å². The zero-order chi connectivity index (χ0) is 21.5. The molecule has 2 aliphatic rings. The quantitative estimate of drug-likeness (QED) is 0.525. The van der Waals surface area contributed by atoms with Crippen LogP contribution in [0.4, 0.5) is 5.82 Å². The molecular weight excluding hydrogens is 406 g/mol. The van der Waals surface area contributed by atoms with Crippen LogP contribution in [0.25, 0.3) is 33.5 Å². The van der Waals surface area contributed by atoms with Gasteiger partial charge in [-0.2, -0.15) is 4.98 Å². The van der Waals surface area contributed by atoms with Crippen LogP contribution in [0.1, 0.15) is 5.89 Å². The fourth-order valence-corrected chi connectivity index (χ4v) is 4.43. The molecule has 6 rings (SSSR count). The van der Waals surface area contributed by atoms with Crippen LogP contribution in [-0.2, 0) is 11.3 Å². The second-order valence-corrected chi connectivity index (χ2v) is 8.59. The average Bonchev–Trinajstić information content (AvgIpc) is 3.46. The highest BCUT2D eigenvalue weighted by Gasteiger charge is 2.24. The summed E-state index contributed by atoms with van der Waals surface area (Å²) in [5.74, 6) is 2.17. The summed E-state index contributed by atoms with van der Waals surface area (Å²) in [7, 11) is 2.16. The number of nitrogens with zero attached hydrogens (tertiary/aromatic N) is 6. The van der Waals surface area contributed by atoms with E-state index in [1.54, 1.807) is 0 Å². The molecule has 0 amide bonds. The zero-order valence-corrected chi connectivity index (χ0v) is 18.3. The molecule has 2 saturated heterocycles. The van der Waals surface area contributed by atoms with Gasteiger partial charge >= 0.3 is 0 Å².